The lowest BCUT2D eigenvalue weighted by Gasteiger charge is -2.17. The lowest BCUT2D eigenvalue weighted by atomic mass is 10.0. The van der Waals surface area contributed by atoms with Crippen LogP contribution in [0.4, 0.5) is 5.69 Å². The van der Waals surface area contributed by atoms with Gasteiger partial charge in [-0.2, -0.15) is 0 Å². The fourth-order valence-electron chi connectivity index (χ4n) is 2.73. The van der Waals surface area contributed by atoms with E-state index in [9.17, 15) is 9.59 Å². The highest BCUT2D eigenvalue weighted by Crippen LogP contribution is 2.21. The summed E-state index contributed by atoms with van der Waals surface area (Å²) < 4.78 is 5.91. The summed E-state index contributed by atoms with van der Waals surface area (Å²) in [7, 11) is 0. The molecule has 3 aromatic carbocycles. The Morgan fingerprint density at radius 1 is 0.929 bits per heavy atom. The van der Waals surface area contributed by atoms with Crippen molar-refractivity contribution in [3.8, 4) is 5.75 Å². The van der Waals surface area contributed by atoms with Gasteiger partial charge in [0.15, 0.2) is 6.10 Å². The molecule has 0 aliphatic heterocycles. The number of ether oxygens (including phenoxy) is 1. The fraction of sp³-hybridized carbons (Fsp3) is 0.130. The van der Waals surface area contributed by atoms with Crippen molar-refractivity contribution in [2.24, 2.45) is 0 Å². The molecule has 0 heterocycles. The molecule has 1 N–H and O–H groups in total. The van der Waals surface area contributed by atoms with E-state index >= 15 is 0 Å². The number of benzene rings is 3. The highest BCUT2D eigenvalue weighted by molar-refractivity contribution is 6.30. The van der Waals surface area contributed by atoms with Gasteiger partial charge < -0.3 is 10.1 Å². The van der Waals surface area contributed by atoms with Crippen LogP contribution in [0.25, 0.3) is 0 Å². The lowest BCUT2D eigenvalue weighted by molar-refractivity contribution is 0.0786. The summed E-state index contributed by atoms with van der Waals surface area (Å²) in [5, 5.41) is 3.39. The van der Waals surface area contributed by atoms with E-state index in [0.717, 1.165) is 0 Å². The van der Waals surface area contributed by atoms with Crippen molar-refractivity contribution in [1.29, 1.82) is 0 Å². The second-order valence-corrected chi connectivity index (χ2v) is 6.67. The number of Topliss-reactive ketones (excluding diaryl/α,β-unsaturated/α-hetero) is 1. The van der Waals surface area contributed by atoms with Crippen LogP contribution in [0.15, 0.2) is 78.9 Å². The molecular formula is C23H20ClNO3. The van der Waals surface area contributed by atoms with E-state index in [-0.39, 0.29) is 11.7 Å². The molecule has 28 heavy (non-hydrogen) atoms. The van der Waals surface area contributed by atoms with Crippen molar-refractivity contribution in [3.63, 3.8) is 0 Å². The van der Waals surface area contributed by atoms with Crippen molar-refractivity contribution in [3.05, 3.63) is 95.0 Å². The normalized spacial score (nSPS) is 11.5. The van der Waals surface area contributed by atoms with E-state index in [2.05, 4.69) is 5.32 Å². The van der Waals surface area contributed by atoms with Gasteiger partial charge in [0.05, 0.1) is 0 Å². The summed E-state index contributed by atoms with van der Waals surface area (Å²) in [5.41, 5.74) is 1.70. The Kier molecular flexibility index (Phi) is 6.45. The van der Waals surface area contributed by atoms with Crippen LogP contribution < -0.4 is 10.1 Å². The van der Waals surface area contributed by atoms with Gasteiger partial charge in [-0.1, -0.05) is 54.9 Å². The standard InChI is InChI=1S/C23H20ClNO3/c1-2-21(22(26)16-7-4-3-5-8-16)28-20-10-6-9-19(15-20)25-23(27)17-11-13-18(24)14-12-17/h3-15,21H,2H2,1H3,(H,25,27). The average Bonchev–Trinajstić information content (AvgIpc) is 2.73. The lowest BCUT2D eigenvalue weighted by Crippen LogP contribution is -2.26. The number of carbonyl (C=O) groups is 2. The predicted molar refractivity (Wildman–Crippen MR) is 111 cm³/mol. The minimum absolute atomic E-state index is 0.0706. The molecule has 142 valence electrons. The van der Waals surface area contributed by atoms with Crippen LogP contribution in [-0.2, 0) is 0 Å². The van der Waals surface area contributed by atoms with Gasteiger partial charge in [0, 0.05) is 27.9 Å². The summed E-state index contributed by atoms with van der Waals surface area (Å²) in [4.78, 5) is 25.0. The Bertz CT molecular complexity index is 955. The molecule has 0 fully saturated rings. The molecule has 0 aromatic heterocycles. The van der Waals surface area contributed by atoms with Gasteiger partial charge in [-0.3, -0.25) is 9.59 Å². The maximum atomic E-state index is 12.6. The predicted octanol–water partition coefficient (Wildman–Crippen LogP) is 5.63. The molecule has 1 atom stereocenters. The molecule has 1 amide bonds. The van der Waals surface area contributed by atoms with E-state index in [0.29, 0.717) is 34.0 Å². The van der Waals surface area contributed by atoms with Crippen LogP contribution in [0.3, 0.4) is 0 Å². The van der Waals surface area contributed by atoms with E-state index in [4.69, 9.17) is 16.3 Å². The smallest absolute Gasteiger partial charge is 0.255 e. The first-order valence-corrected chi connectivity index (χ1v) is 9.37. The van der Waals surface area contributed by atoms with Crippen LogP contribution in [-0.4, -0.2) is 17.8 Å². The molecule has 0 saturated carbocycles. The van der Waals surface area contributed by atoms with Crippen molar-refractivity contribution in [2.75, 3.05) is 5.32 Å². The Morgan fingerprint density at radius 3 is 2.32 bits per heavy atom. The van der Waals surface area contributed by atoms with Gasteiger partial charge in [0.1, 0.15) is 5.75 Å². The van der Waals surface area contributed by atoms with Gasteiger partial charge in [0.2, 0.25) is 5.78 Å². The van der Waals surface area contributed by atoms with Crippen LogP contribution in [0.2, 0.25) is 5.02 Å². The first kappa shape index (κ1) is 19.6. The molecule has 0 spiro atoms. The Hall–Kier alpha value is -3.11. The largest absolute Gasteiger partial charge is 0.482 e. The zero-order valence-corrected chi connectivity index (χ0v) is 16.1. The number of hydrogen-bond donors (Lipinski definition) is 1. The van der Waals surface area contributed by atoms with E-state index in [1.807, 2.05) is 25.1 Å². The van der Waals surface area contributed by atoms with Crippen LogP contribution in [0.1, 0.15) is 34.1 Å². The Morgan fingerprint density at radius 2 is 1.64 bits per heavy atom. The number of anilines is 1. The van der Waals surface area contributed by atoms with Crippen LogP contribution in [0, 0.1) is 0 Å². The van der Waals surface area contributed by atoms with Gasteiger partial charge in [-0.15, -0.1) is 0 Å². The molecular weight excluding hydrogens is 374 g/mol. The maximum absolute atomic E-state index is 12.6. The second-order valence-electron chi connectivity index (χ2n) is 6.23. The zero-order chi connectivity index (χ0) is 19.9. The third-order valence-corrected chi connectivity index (χ3v) is 4.45. The third-order valence-electron chi connectivity index (χ3n) is 4.20. The minimum atomic E-state index is -0.593. The molecule has 0 aliphatic carbocycles. The molecule has 1 unspecified atom stereocenters. The average molecular weight is 394 g/mol. The third kappa shape index (κ3) is 4.99. The van der Waals surface area contributed by atoms with Gasteiger partial charge in [-0.25, -0.2) is 0 Å². The van der Waals surface area contributed by atoms with Gasteiger partial charge in [0.25, 0.3) is 5.91 Å². The summed E-state index contributed by atoms with van der Waals surface area (Å²) in [6.45, 7) is 1.90. The minimum Gasteiger partial charge on any atom is -0.482 e. The highest BCUT2D eigenvalue weighted by Gasteiger charge is 2.20. The van der Waals surface area contributed by atoms with E-state index in [1.165, 1.54) is 0 Å². The quantitative estimate of drug-likeness (QED) is 0.529. The Balaban J connectivity index is 1.70. The maximum Gasteiger partial charge on any atom is 0.255 e. The molecule has 0 saturated heterocycles. The van der Waals surface area contributed by atoms with Crippen molar-refractivity contribution in [2.45, 2.75) is 19.4 Å². The van der Waals surface area contributed by atoms with Crippen molar-refractivity contribution >= 4 is 29.0 Å². The Labute approximate surface area is 169 Å². The first-order chi connectivity index (χ1) is 13.6. The summed E-state index contributed by atoms with van der Waals surface area (Å²) in [5.74, 6) is 0.199. The number of halogens is 1. The highest BCUT2D eigenvalue weighted by atomic mass is 35.5. The second kappa shape index (κ2) is 9.20. The molecule has 5 heteroatoms. The number of ketones is 1. The van der Waals surface area contributed by atoms with Gasteiger partial charge in [-0.05, 0) is 42.8 Å². The van der Waals surface area contributed by atoms with Crippen molar-refractivity contribution < 1.29 is 14.3 Å². The van der Waals surface area contributed by atoms with Crippen LogP contribution >= 0.6 is 11.6 Å². The monoisotopic (exact) mass is 393 g/mol. The SMILES string of the molecule is CCC(Oc1cccc(NC(=O)c2ccc(Cl)cc2)c1)C(=O)c1ccccc1. The van der Waals surface area contributed by atoms with Crippen molar-refractivity contribution in [1.82, 2.24) is 0 Å². The first-order valence-electron chi connectivity index (χ1n) is 8.99. The molecule has 3 aromatic rings. The topological polar surface area (TPSA) is 55.4 Å². The summed E-state index contributed by atoms with van der Waals surface area (Å²) >= 11 is 5.85. The summed E-state index contributed by atoms with van der Waals surface area (Å²) in [6.07, 6.45) is -0.0562. The van der Waals surface area contributed by atoms with Gasteiger partial charge >= 0.3 is 0 Å². The zero-order valence-electron chi connectivity index (χ0n) is 15.4. The fourth-order valence-corrected chi connectivity index (χ4v) is 2.85. The number of amides is 1. The van der Waals surface area contributed by atoms with Crippen LogP contribution in [0.5, 0.6) is 5.75 Å². The van der Waals surface area contributed by atoms with E-state index in [1.54, 1.807) is 60.7 Å². The number of hydrogen-bond acceptors (Lipinski definition) is 3. The number of rotatable bonds is 7. The molecule has 3 rings (SSSR count). The molecule has 0 aliphatic rings. The molecule has 0 bridgehead atoms. The number of nitrogens with one attached hydrogen (secondary N) is 1. The molecule has 0 radical (unpaired) electrons. The van der Waals surface area contributed by atoms with E-state index < -0.39 is 6.10 Å². The molecule has 4 nitrogen and oxygen atoms in total. The number of carbonyl (C=O) groups excluding carboxylic acids is 2. The summed E-state index contributed by atoms with van der Waals surface area (Å²) in [6, 6.07) is 22.7.